The number of nitrogens with zero attached hydrogens (tertiary/aromatic N) is 1. The number of hydroxylamine groups is 1. The molecule has 7 nitrogen and oxygen atoms in total. The molecule has 140 valence electrons. The summed E-state index contributed by atoms with van der Waals surface area (Å²) in [5.74, 6) is -0.0598. The summed E-state index contributed by atoms with van der Waals surface area (Å²) < 4.78 is 25.8. The normalized spacial score (nSPS) is 13.6. The molecule has 0 unspecified atom stereocenters. The molecular formula is C18H15FIN3O4. The van der Waals surface area contributed by atoms with Crippen LogP contribution in [0.1, 0.15) is 12.8 Å². The first-order chi connectivity index (χ1) is 13.1. The fraction of sp³-hybridized carbons (Fsp3) is 0.222. The van der Waals surface area contributed by atoms with Gasteiger partial charge in [0.1, 0.15) is 17.1 Å². The molecule has 0 aliphatic heterocycles. The molecule has 1 aliphatic carbocycles. The SMILES string of the molecule is O=C(NOCC1CC1)Oc1oc2ccncc2c1Nc1ccc(I)cc1F. The highest BCUT2D eigenvalue weighted by atomic mass is 127. The van der Waals surface area contributed by atoms with Crippen LogP contribution in [-0.2, 0) is 4.84 Å². The zero-order chi connectivity index (χ0) is 18.8. The summed E-state index contributed by atoms with van der Waals surface area (Å²) in [6.45, 7) is 0.443. The van der Waals surface area contributed by atoms with Crippen LogP contribution in [0.2, 0.25) is 0 Å². The molecule has 2 heterocycles. The van der Waals surface area contributed by atoms with Crippen molar-refractivity contribution in [3.8, 4) is 5.95 Å². The number of hydrogen-bond donors (Lipinski definition) is 2. The molecule has 1 saturated carbocycles. The predicted molar refractivity (Wildman–Crippen MR) is 104 cm³/mol. The van der Waals surface area contributed by atoms with Gasteiger partial charge in [-0.25, -0.2) is 9.18 Å². The van der Waals surface area contributed by atoms with Gasteiger partial charge < -0.3 is 14.5 Å². The number of anilines is 2. The van der Waals surface area contributed by atoms with Gasteiger partial charge in [0.05, 0.1) is 17.7 Å². The van der Waals surface area contributed by atoms with E-state index in [0.29, 0.717) is 29.2 Å². The molecule has 1 aromatic carbocycles. The van der Waals surface area contributed by atoms with Crippen LogP contribution in [0, 0.1) is 15.3 Å². The van der Waals surface area contributed by atoms with Crippen molar-refractivity contribution in [2.45, 2.75) is 12.8 Å². The second kappa shape index (κ2) is 7.69. The topological polar surface area (TPSA) is 85.6 Å². The molecular weight excluding hydrogens is 468 g/mol. The number of pyridine rings is 1. The van der Waals surface area contributed by atoms with E-state index < -0.39 is 11.9 Å². The molecule has 9 heteroatoms. The lowest BCUT2D eigenvalue weighted by Gasteiger charge is -2.09. The predicted octanol–water partition coefficient (Wildman–Crippen LogP) is 4.75. The number of furan rings is 1. The van der Waals surface area contributed by atoms with E-state index in [-0.39, 0.29) is 11.6 Å². The van der Waals surface area contributed by atoms with Gasteiger partial charge >= 0.3 is 12.0 Å². The van der Waals surface area contributed by atoms with Gasteiger partial charge in [0.25, 0.3) is 0 Å². The first kappa shape index (κ1) is 18.0. The average Bonchev–Trinajstić information content (AvgIpc) is 3.40. The van der Waals surface area contributed by atoms with Crippen LogP contribution in [0.3, 0.4) is 0 Å². The first-order valence-corrected chi connectivity index (χ1v) is 9.36. The largest absolute Gasteiger partial charge is 0.439 e. The van der Waals surface area contributed by atoms with Crippen molar-refractivity contribution < 1.29 is 23.2 Å². The number of aromatic nitrogens is 1. The maximum Gasteiger partial charge on any atom is 0.439 e. The van der Waals surface area contributed by atoms with Crippen molar-refractivity contribution in [3.05, 3.63) is 46.0 Å². The number of ether oxygens (including phenoxy) is 1. The van der Waals surface area contributed by atoms with Crippen LogP contribution in [-0.4, -0.2) is 17.7 Å². The van der Waals surface area contributed by atoms with Crippen LogP contribution in [0.4, 0.5) is 20.6 Å². The minimum Gasteiger partial charge on any atom is -0.424 e. The molecule has 1 aliphatic rings. The Morgan fingerprint density at radius 1 is 1.37 bits per heavy atom. The maximum absolute atomic E-state index is 14.2. The molecule has 2 N–H and O–H groups in total. The molecule has 1 fully saturated rings. The monoisotopic (exact) mass is 483 g/mol. The van der Waals surface area contributed by atoms with Gasteiger partial charge in [-0.2, -0.15) is 5.48 Å². The van der Waals surface area contributed by atoms with Gasteiger partial charge in [-0.3, -0.25) is 9.82 Å². The van der Waals surface area contributed by atoms with Crippen LogP contribution in [0.25, 0.3) is 11.0 Å². The quantitative estimate of drug-likeness (QED) is 0.389. The zero-order valence-corrected chi connectivity index (χ0v) is 16.2. The van der Waals surface area contributed by atoms with Crippen molar-refractivity contribution >= 4 is 51.0 Å². The first-order valence-electron chi connectivity index (χ1n) is 8.28. The fourth-order valence-corrected chi connectivity index (χ4v) is 2.90. The third kappa shape index (κ3) is 4.30. The van der Waals surface area contributed by atoms with Crippen molar-refractivity contribution in [1.82, 2.24) is 10.5 Å². The second-order valence-corrected chi connectivity index (χ2v) is 7.38. The Morgan fingerprint density at radius 2 is 2.22 bits per heavy atom. The van der Waals surface area contributed by atoms with Crippen molar-refractivity contribution in [2.24, 2.45) is 5.92 Å². The molecule has 0 bridgehead atoms. The third-order valence-electron chi connectivity index (χ3n) is 4.00. The van der Waals surface area contributed by atoms with Gasteiger partial charge in [0.15, 0.2) is 0 Å². The van der Waals surface area contributed by atoms with E-state index in [1.165, 1.54) is 6.07 Å². The Labute approximate surface area is 167 Å². The Hall–Kier alpha value is -2.40. The second-order valence-electron chi connectivity index (χ2n) is 6.13. The van der Waals surface area contributed by atoms with Gasteiger partial charge in [0.2, 0.25) is 0 Å². The number of nitrogens with one attached hydrogen (secondary N) is 2. The molecule has 27 heavy (non-hydrogen) atoms. The zero-order valence-electron chi connectivity index (χ0n) is 14.0. The summed E-state index contributed by atoms with van der Waals surface area (Å²) in [5.41, 5.74) is 3.18. The Balaban J connectivity index is 1.57. The number of amides is 1. The van der Waals surface area contributed by atoms with E-state index in [4.69, 9.17) is 14.0 Å². The molecule has 2 aromatic heterocycles. The lowest BCUT2D eigenvalue weighted by molar-refractivity contribution is 0.0368. The minimum absolute atomic E-state index is 0.108. The number of halogens is 2. The van der Waals surface area contributed by atoms with Crippen molar-refractivity contribution in [2.75, 3.05) is 11.9 Å². The molecule has 0 saturated heterocycles. The van der Waals surface area contributed by atoms with Crippen molar-refractivity contribution in [1.29, 1.82) is 0 Å². The lowest BCUT2D eigenvalue weighted by atomic mass is 10.2. The molecule has 1 amide bonds. The average molecular weight is 483 g/mol. The summed E-state index contributed by atoms with van der Waals surface area (Å²) in [6.07, 6.45) is 4.46. The summed E-state index contributed by atoms with van der Waals surface area (Å²) in [5, 5.41) is 3.48. The Bertz CT molecular complexity index is 990. The molecule has 0 spiro atoms. The van der Waals surface area contributed by atoms with E-state index in [2.05, 4.69) is 15.8 Å². The van der Waals surface area contributed by atoms with E-state index in [1.54, 1.807) is 30.6 Å². The highest BCUT2D eigenvalue weighted by Gasteiger charge is 2.23. The number of fused-ring (bicyclic) bond motifs is 1. The summed E-state index contributed by atoms with van der Waals surface area (Å²) >= 11 is 2.02. The van der Waals surface area contributed by atoms with E-state index in [0.717, 1.165) is 16.4 Å². The van der Waals surface area contributed by atoms with Gasteiger partial charge in [-0.05, 0) is 65.6 Å². The highest BCUT2D eigenvalue weighted by Crippen LogP contribution is 2.39. The highest BCUT2D eigenvalue weighted by molar-refractivity contribution is 14.1. The van der Waals surface area contributed by atoms with Crippen LogP contribution < -0.4 is 15.5 Å². The number of rotatable bonds is 6. The van der Waals surface area contributed by atoms with Crippen molar-refractivity contribution in [3.63, 3.8) is 0 Å². The number of hydrogen-bond acceptors (Lipinski definition) is 6. The Kier molecular flexibility index (Phi) is 5.12. The number of carbonyl (C=O) groups is 1. The van der Waals surface area contributed by atoms with Gasteiger partial charge in [-0.1, -0.05) is 0 Å². The maximum atomic E-state index is 14.2. The summed E-state index contributed by atoms with van der Waals surface area (Å²) in [4.78, 5) is 21.1. The van der Waals surface area contributed by atoms with E-state index in [1.807, 2.05) is 22.6 Å². The third-order valence-corrected chi connectivity index (χ3v) is 4.68. The summed E-state index contributed by atoms with van der Waals surface area (Å²) in [7, 11) is 0. The van der Waals surface area contributed by atoms with E-state index >= 15 is 0 Å². The minimum atomic E-state index is -0.825. The van der Waals surface area contributed by atoms with Gasteiger partial charge in [-0.15, -0.1) is 0 Å². The Morgan fingerprint density at radius 3 is 3.00 bits per heavy atom. The molecule has 3 aromatic rings. The molecule has 4 rings (SSSR count). The van der Waals surface area contributed by atoms with Gasteiger partial charge in [0, 0.05) is 16.0 Å². The van der Waals surface area contributed by atoms with Crippen LogP contribution in [0.5, 0.6) is 5.95 Å². The standard InChI is InChI=1S/C18H15FIN3O4/c19-13-7-11(20)3-4-14(13)22-16-12-8-21-6-5-15(12)26-17(16)27-18(24)23-25-9-10-1-2-10/h3-8,10,22H,1-2,9H2,(H,23,24). The molecule has 0 atom stereocenters. The summed E-state index contributed by atoms with van der Waals surface area (Å²) in [6, 6.07) is 6.36. The van der Waals surface area contributed by atoms with Crippen LogP contribution in [0.15, 0.2) is 41.1 Å². The molecule has 0 radical (unpaired) electrons. The fourth-order valence-electron chi connectivity index (χ4n) is 2.44. The smallest absolute Gasteiger partial charge is 0.424 e. The number of benzene rings is 1. The number of carbonyl (C=O) groups excluding carboxylic acids is 1. The van der Waals surface area contributed by atoms with Crippen LogP contribution >= 0.6 is 22.6 Å². The van der Waals surface area contributed by atoms with E-state index in [9.17, 15) is 9.18 Å². The lowest BCUT2D eigenvalue weighted by Crippen LogP contribution is -2.27.